The van der Waals surface area contributed by atoms with Crippen molar-refractivity contribution in [2.24, 2.45) is 5.41 Å². The maximum absolute atomic E-state index is 13.5. The van der Waals surface area contributed by atoms with Gasteiger partial charge in [0.2, 0.25) is 0 Å². The molecule has 356 valence electrons. The van der Waals surface area contributed by atoms with Crippen LogP contribution in [0.15, 0.2) is 125 Å². The lowest BCUT2D eigenvalue weighted by Gasteiger charge is -2.44. The average Bonchev–Trinajstić information content (AvgIpc) is 3.34. The summed E-state index contributed by atoms with van der Waals surface area (Å²) >= 11 is 8.03. The van der Waals surface area contributed by atoms with Crippen molar-refractivity contribution in [3.63, 3.8) is 0 Å². The molecular formula is C52H66ClN8O4S2+. The third-order valence-corrected chi connectivity index (χ3v) is 16.5. The first-order chi connectivity index (χ1) is 32.4. The van der Waals surface area contributed by atoms with Crippen LogP contribution in [-0.4, -0.2) is 119 Å². The van der Waals surface area contributed by atoms with Gasteiger partial charge >= 0.3 is 0 Å². The molecule has 5 aromatic carbocycles. The minimum absolute atomic E-state index is 0.0409. The van der Waals surface area contributed by atoms with Crippen molar-refractivity contribution >= 4 is 56.4 Å². The third kappa shape index (κ3) is 13.2. The molecule has 3 heterocycles. The Kier molecular flexibility index (Phi) is 16.6. The molecule has 8 rings (SSSR count). The van der Waals surface area contributed by atoms with Crippen molar-refractivity contribution < 1.29 is 23.9 Å². The molecule has 1 atom stereocenters. The highest BCUT2D eigenvalue weighted by molar-refractivity contribution is 7.99. The molecule has 3 aliphatic rings. The van der Waals surface area contributed by atoms with Gasteiger partial charge in [-0.3, -0.25) is 14.6 Å². The van der Waals surface area contributed by atoms with Crippen LogP contribution in [0.25, 0.3) is 11.1 Å². The number of rotatable bonds is 18. The Bertz CT molecular complexity index is 2510. The quantitative estimate of drug-likeness (QED) is 0.0339. The Morgan fingerprint density at radius 3 is 2.22 bits per heavy atom. The van der Waals surface area contributed by atoms with E-state index in [0.29, 0.717) is 16.8 Å². The summed E-state index contributed by atoms with van der Waals surface area (Å²) in [5, 5.41) is 18.0. The fourth-order valence-corrected chi connectivity index (χ4v) is 11.8. The highest BCUT2D eigenvalue weighted by Gasteiger charge is 2.35. The Hall–Kier alpha value is -4.48. The van der Waals surface area contributed by atoms with Crippen molar-refractivity contribution in [1.29, 1.82) is 0 Å². The maximum Gasteiger partial charge on any atom is 0.264 e. The van der Waals surface area contributed by atoms with Gasteiger partial charge in [-0.05, 0) is 167 Å². The van der Waals surface area contributed by atoms with Crippen molar-refractivity contribution in [1.82, 2.24) is 24.7 Å². The van der Waals surface area contributed by atoms with E-state index in [4.69, 9.17) is 11.6 Å². The number of nitrogens with two attached hydrogens (primary N) is 1. The van der Waals surface area contributed by atoms with E-state index < -0.39 is 15.9 Å². The number of carbonyl (C=O) groups is 1. The van der Waals surface area contributed by atoms with Gasteiger partial charge in [0, 0.05) is 78.3 Å². The molecule has 0 saturated carbocycles. The van der Waals surface area contributed by atoms with Gasteiger partial charge in [-0.1, -0.05) is 60.1 Å². The number of amides is 1. The molecule has 0 bridgehead atoms. The second-order valence-corrected chi connectivity index (χ2v) is 21.9. The number of nitrogens with one attached hydrogen (secondary N) is 3. The number of piperidine rings is 2. The molecule has 5 aromatic rings. The van der Waals surface area contributed by atoms with Crippen LogP contribution in [0.1, 0.15) is 53.6 Å². The molecule has 6 N–H and O–H groups in total. The van der Waals surface area contributed by atoms with Crippen LogP contribution >= 0.6 is 23.4 Å². The molecule has 0 aromatic heterocycles. The van der Waals surface area contributed by atoms with Gasteiger partial charge in [0.25, 0.3) is 15.9 Å². The Morgan fingerprint density at radius 1 is 0.836 bits per heavy atom. The lowest BCUT2D eigenvalue weighted by atomic mass is 9.71. The van der Waals surface area contributed by atoms with Gasteiger partial charge in [0.15, 0.2) is 5.69 Å². The predicted molar refractivity (Wildman–Crippen MR) is 272 cm³/mol. The van der Waals surface area contributed by atoms with E-state index in [1.54, 1.807) is 30.0 Å². The van der Waals surface area contributed by atoms with E-state index in [9.17, 15) is 18.4 Å². The molecule has 0 aliphatic carbocycles. The van der Waals surface area contributed by atoms with Gasteiger partial charge < -0.3 is 20.4 Å². The second kappa shape index (κ2) is 22.8. The number of anilines is 2. The lowest BCUT2D eigenvalue weighted by Crippen LogP contribution is -2.74. The monoisotopic (exact) mass is 965 g/mol. The molecule has 3 aliphatic heterocycles. The first-order valence-electron chi connectivity index (χ1n) is 23.6. The van der Waals surface area contributed by atoms with Gasteiger partial charge in [-0.25, -0.2) is 18.3 Å². The van der Waals surface area contributed by atoms with Crippen LogP contribution < -0.4 is 25.7 Å². The van der Waals surface area contributed by atoms with E-state index in [0.717, 1.165) is 105 Å². The number of halogens is 1. The van der Waals surface area contributed by atoms with E-state index in [1.807, 2.05) is 56.6 Å². The number of carbonyl (C=O) groups excluding carboxylic acids is 1. The number of likely N-dealkylation sites (tertiary alicyclic amines) is 1. The van der Waals surface area contributed by atoms with Crippen molar-refractivity contribution in [2.75, 3.05) is 89.0 Å². The number of hydrogen-bond donors (Lipinski definition) is 5. The third-order valence-electron chi connectivity index (χ3n) is 13.8. The summed E-state index contributed by atoms with van der Waals surface area (Å²) in [5.74, 6) is 0.0489. The van der Waals surface area contributed by atoms with Crippen LogP contribution in [0, 0.1) is 5.41 Å². The molecule has 1 amide bonds. The van der Waals surface area contributed by atoms with Crippen LogP contribution in [0.2, 0.25) is 5.02 Å². The lowest BCUT2D eigenvalue weighted by molar-refractivity contribution is -0.825. The van der Waals surface area contributed by atoms with Crippen LogP contribution in [-0.2, 0) is 23.1 Å². The number of quaternary nitrogens is 1. The van der Waals surface area contributed by atoms with E-state index in [2.05, 4.69) is 77.4 Å². The summed E-state index contributed by atoms with van der Waals surface area (Å²) in [5.41, 5.74) is 8.65. The Labute approximate surface area is 406 Å². The molecule has 3 saturated heterocycles. The minimum atomic E-state index is -4.25. The fourth-order valence-electron chi connectivity index (χ4n) is 9.65. The van der Waals surface area contributed by atoms with Crippen LogP contribution in [0.4, 0.5) is 17.1 Å². The van der Waals surface area contributed by atoms with Crippen molar-refractivity contribution in [3.8, 4) is 11.1 Å². The zero-order valence-corrected chi connectivity index (χ0v) is 41.2. The summed E-state index contributed by atoms with van der Waals surface area (Å²) in [6, 6.07) is 36.9. The molecule has 12 nitrogen and oxygen atoms in total. The summed E-state index contributed by atoms with van der Waals surface area (Å²) in [6.07, 6.45) is 6.03. The van der Waals surface area contributed by atoms with Crippen LogP contribution in [0.5, 0.6) is 0 Å². The fraction of sp³-hybridized carbons (Fsp3) is 0.404. The van der Waals surface area contributed by atoms with E-state index >= 15 is 0 Å². The SMILES string of the molecule is CN(C)CCC(CSc1ccccc1)Nc1ccc(S(=O)(=O)NC(=O)c2ccc(N3CCN(Cc4cc(CN5CCC6(CCNCC6)CC5)ccc4-c4ccc(Cl)cc4)CC3)cc2)cc1[NH2+]O. The smallest absolute Gasteiger partial charge is 0.264 e. The zero-order valence-electron chi connectivity index (χ0n) is 38.8. The first kappa shape index (κ1) is 49.0. The minimum Gasteiger partial charge on any atom is -0.377 e. The molecule has 1 spiro atoms. The molecule has 67 heavy (non-hydrogen) atoms. The van der Waals surface area contributed by atoms with Gasteiger partial charge in [-0.15, -0.1) is 11.8 Å². The normalized spacial score (nSPS) is 17.4. The van der Waals surface area contributed by atoms with E-state index in [1.165, 1.54) is 60.1 Å². The number of nitrogens with zero attached hydrogens (tertiary/aromatic N) is 4. The predicted octanol–water partition coefficient (Wildman–Crippen LogP) is 7.52. The Morgan fingerprint density at radius 2 is 1.54 bits per heavy atom. The summed E-state index contributed by atoms with van der Waals surface area (Å²) in [7, 11) is -0.200. The standard InChI is InChI=1S/C52H65ClN8O4S2/c1-58(2)27-20-44(38-66-46-6-4-3-5-7-46)55-49-19-17-47(35-50(49)56-63)67(64,65)57-51(62)41-11-15-45(16-12-41)61-32-30-60(31-33-61)37-42-34-39(8-18-48(42)40-9-13-43(53)14-10-40)36-59-28-23-52(24-29-59)21-25-54-26-22-52/h3-19,34-35,44,54-56,63H,20-33,36-38H2,1-2H3,(H,57,62)/p+1. The van der Waals surface area contributed by atoms with Crippen molar-refractivity contribution in [2.45, 2.75) is 61.0 Å². The maximum atomic E-state index is 13.5. The number of benzene rings is 5. The van der Waals surface area contributed by atoms with Gasteiger partial charge in [0.05, 0.1) is 10.6 Å². The number of piperazine rings is 1. The molecule has 1 unspecified atom stereocenters. The second-order valence-electron chi connectivity index (χ2n) is 18.7. The Balaban J connectivity index is 0.863. The van der Waals surface area contributed by atoms with Gasteiger partial charge in [-0.2, -0.15) is 5.48 Å². The summed E-state index contributed by atoms with van der Waals surface area (Å²) in [4.78, 5) is 24.0. The molecule has 3 fully saturated rings. The van der Waals surface area contributed by atoms with Gasteiger partial charge in [0.1, 0.15) is 0 Å². The van der Waals surface area contributed by atoms with E-state index in [-0.39, 0.29) is 16.5 Å². The highest BCUT2D eigenvalue weighted by atomic mass is 35.5. The summed E-state index contributed by atoms with van der Waals surface area (Å²) < 4.78 is 29.3. The average molecular weight is 967 g/mol. The number of hydrogen-bond acceptors (Lipinski definition) is 11. The summed E-state index contributed by atoms with van der Waals surface area (Å²) in [6.45, 7) is 10.7. The van der Waals surface area contributed by atoms with Crippen LogP contribution in [0.3, 0.4) is 0 Å². The number of sulfonamides is 1. The zero-order chi connectivity index (χ0) is 46.8. The highest BCUT2D eigenvalue weighted by Crippen LogP contribution is 2.40. The van der Waals surface area contributed by atoms with Crippen molar-refractivity contribution in [3.05, 3.63) is 137 Å². The number of thioether (sulfide) groups is 1. The molecular weight excluding hydrogens is 900 g/mol. The topological polar surface area (TPSA) is 137 Å². The molecule has 0 radical (unpaired) electrons. The first-order valence-corrected chi connectivity index (χ1v) is 26.4. The largest absolute Gasteiger partial charge is 0.377 e. The molecule has 15 heteroatoms.